The molecule has 3 aliphatic rings. The van der Waals surface area contributed by atoms with Crippen LogP contribution in [0.25, 0.3) is 0 Å². The number of thioether (sulfide) groups is 1. The largest absolute Gasteiger partial charge is 0.478 e. The van der Waals surface area contributed by atoms with Crippen LogP contribution in [-0.4, -0.2) is 38.3 Å². The molecule has 0 spiro atoms. The van der Waals surface area contributed by atoms with Gasteiger partial charge < -0.3 is 5.11 Å². The maximum atomic E-state index is 13.5. The summed E-state index contributed by atoms with van der Waals surface area (Å²) < 4.78 is 0. The Kier molecular flexibility index (Phi) is 5.11. The second kappa shape index (κ2) is 7.91. The van der Waals surface area contributed by atoms with Gasteiger partial charge in [0.15, 0.2) is 5.17 Å². The summed E-state index contributed by atoms with van der Waals surface area (Å²) in [5, 5.41) is 9.72. The van der Waals surface area contributed by atoms with Crippen molar-refractivity contribution in [1.29, 1.82) is 0 Å². The number of carboxylic acids is 1. The smallest absolute Gasteiger partial charge is 0.335 e. The molecule has 5 rings (SSSR count). The lowest BCUT2D eigenvalue weighted by atomic mass is 9.94. The molecule has 2 saturated carbocycles. The fourth-order valence-electron chi connectivity index (χ4n) is 5.14. The van der Waals surface area contributed by atoms with Gasteiger partial charge in [-0.2, -0.15) is 0 Å². The number of aromatic carboxylic acids is 1. The van der Waals surface area contributed by atoms with Crippen LogP contribution in [-0.2, 0) is 11.2 Å². The first-order valence-corrected chi connectivity index (χ1v) is 11.4. The predicted molar refractivity (Wildman–Crippen MR) is 118 cm³/mol. The van der Waals surface area contributed by atoms with Crippen molar-refractivity contribution >= 4 is 34.5 Å². The minimum atomic E-state index is -0.953. The lowest BCUT2D eigenvalue weighted by molar-refractivity contribution is -0.128. The van der Waals surface area contributed by atoms with Crippen molar-refractivity contribution in [2.45, 2.75) is 43.4 Å². The van der Waals surface area contributed by atoms with E-state index in [2.05, 4.69) is 12.1 Å². The number of carbonyl (C=O) groups is 2. The number of rotatable bonds is 5. The molecule has 0 radical (unpaired) electrons. The van der Waals surface area contributed by atoms with Gasteiger partial charge in [0.2, 0.25) is 5.91 Å². The van der Waals surface area contributed by atoms with Gasteiger partial charge in [0, 0.05) is 6.04 Å². The van der Waals surface area contributed by atoms with Crippen molar-refractivity contribution < 1.29 is 14.7 Å². The Morgan fingerprint density at radius 3 is 2.47 bits per heavy atom. The highest BCUT2D eigenvalue weighted by atomic mass is 32.2. The van der Waals surface area contributed by atoms with Gasteiger partial charge in [0.1, 0.15) is 0 Å². The van der Waals surface area contributed by atoms with E-state index in [1.807, 2.05) is 23.1 Å². The number of fused-ring (bicyclic) bond motifs is 2. The molecule has 2 aliphatic carbocycles. The zero-order valence-corrected chi connectivity index (χ0v) is 17.4. The van der Waals surface area contributed by atoms with Crippen LogP contribution < -0.4 is 0 Å². The summed E-state index contributed by atoms with van der Waals surface area (Å²) in [6, 6.07) is 16.9. The van der Waals surface area contributed by atoms with E-state index in [4.69, 9.17) is 10.1 Å². The normalized spacial score (nSPS) is 29.1. The molecule has 3 fully saturated rings. The van der Waals surface area contributed by atoms with Gasteiger partial charge in [0.25, 0.3) is 0 Å². The minimum Gasteiger partial charge on any atom is -0.478 e. The molecule has 1 N–H and O–H groups in total. The number of nitrogens with zero attached hydrogens (tertiary/aromatic N) is 2. The molecule has 1 saturated heterocycles. The molecule has 5 nitrogen and oxygen atoms in total. The fraction of sp³-hybridized carbons (Fsp3) is 0.375. The van der Waals surface area contributed by atoms with Crippen LogP contribution in [0.3, 0.4) is 0 Å². The molecule has 2 bridgehead atoms. The first kappa shape index (κ1) is 19.4. The summed E-state index contributed by atoms with van der Waals surface area (Å²) in [6.45, 7) is 0. The third-order valence-corrected chi connectivity index (χ3v) is 7.75. The van der Waals surface area contributed by atoms with Crippen LogP contribution in [0, 0.1) is 11.8 Å². The number of benzene rings is 2. The Bertz CT molecular complexity index is 989. The van der Waals surface area contributed by atoms with Crippen molar-refractivity contribution in [1.82, 2.24) is 4.90 Å². The van der Waals surface area contributed by atoms with E-state index in [1.165, 1.54) is 19.3 Å². The van der Waals surface area contributed by atoms with E-state index in [0.717, 1.165) is 23.1 Å². The van der Waals surface area contributed by atoms with Crippen LogP contribution in [0.5, 0.6) is 0 Å². The lowest BCUT2D eigenvalue weighted by Crippen LogP contribution is -2.44. The zero-order chi connectivity index (χ0) is 20.7. The highest BCUT2D eigenvalue weighted by Gasteiger charge is 2.49. The standard InChI is InChI=1S/C24H24N2O3S/c27-22-21(14-15-4-2-1-3-5-15)30-24(25-19-10-8-17(9-11-19)23(28)29)26(22)20-13-16-6-7-18(20)12-16/h1-5,8-11,16,18,20-21H,6-7,12-14H2,(H,28,29). The summed E-state index contributed by atoms with van der Waals surface area (Å²) >= 11 is 1.55. The van der Waals surface area contributed by atoms with Gasteiger partial charge >= 0.3 is 5.97 Å². The zero-order valence-electron chi connectivity index (χ0n) is 16.6. The van der Waals surface area contributed by atoms with Crippen molar-refractivity contribution in [3.05, 3.63) is 65.7 Å². The summed E-state index contributed by atoms with van der Waals surface area (Å²) in [5.41, 5.74) is 2.08. The van der Waals surface area contributed by atoms with Crippen LogP contribution >= 0.6 is 11.8 Å². The van der Waals surface area contributed by atoms with Crippen LogP contribution in [0.15, 0.2) is 59.6 Å². The number of hydrogen-bond acceptors (Lipinski definition) is 4. The number of carboxylic acid groups (broad SMARTS) is 1. The quantitative estimate of drug-likeness (QED) is 0.758. The second-order valence-corrected chi connectivity index (χ2v) is 9.66. The van der Waals surface area contributed by atoms with Crippen LogP contribution in [0.1, 0.15) is 41.6 Å². The molecule has 6 heteroatoms. The van der Waals surface area contributed by atoms with Gasteiger partial charge in [-0.1, -0.05) is 48.5 Å². The third kappa shape index (κ3) is 3.65. The topological polar surface area (TPSA) is 70.0 Å². The highest BCUT2D eigenvalue weighted by molar-refractivity contribution is 8.15. The van der Waals surface area contributed by atoms with Gasteiger partial charge in [-0.15, -0.1) is 0 Å². The number of carbonyl (C=O) groups excluding carboxylic acids is 1. The third-order valence-electron chi connectivity index (χ3n) is 6.60. The molecule has 0 aromatic heterocycles. The SMILES string of the molecule is O=C(O)c1ccc(N=C2SC(Cc3ccccc3)C(=O)N2C2CC3CCC2C3)cc1. The van der Waals surface area contributed by atoms with E-state index < -0.39 is 5.97 Å². The monoisotopic (exact) mass is 420 g/mol. The molecule has 4 unspecified atom stereocenters. The van der Waals surface area contributed by atoms with Crippen LogP contribution in [0.2, 0.25) is 0 Å². The average molecular weight is 421 g/mol. The molecule has 4 atom stereocenters. The number of amides is 1. The second-order valence-electron chi connectivity index (χ2n) is 8.49. The van der Waals surface area contributed by atoms with Crippen molar-refractivity contribution in [3.63, 3.8) is 0 Å². The Balaban J connectivity index is 1.44. The predicted octanol–water partition coefficient (Wildman–Crippen LogP) is 4.75. The Morgan fingerprint density at radius 2 is 1.83 bits per heavy atom. The van der Waals surface area contributed by atoms with Gasteiger partial charge in [-0.05, 0) is 67.3 Å². The Morgan fingerprint density at radius 1 is 1.07 bits per heavy atom. The van der Waals surface area contributed by atoms with E-state index in [0.29, 0.717) is 18.0 Å². The van der Waals surface area contributed by atoms with E-state index in [1.54, 1.807) is 36.0 Å². The molecule has 1 heterocycles. The molecule has 1 amide bonds. The van der Waals surface area contributed by atoms with Gasteiger partial charge in [-0.3, -0.25) is 9.69 Å². The van der Waals surface area contributed by atoms with E-state index >= 15 is 0 Å². The van der Waals surface area contributed by atoms with Crippen LogP contribution in [0.4, 0.5) is 5.69 Å². The maximum absolute atomic E-state index is 13.5. The Hall–Kier alpha value is -2.60. The molecule has 1 aliphatic heterocycles. The maximum Gasteiger partial charge on any atom is 0.335 e. The Labute approximate surface area is 180 Å². The molecular formula is C24H24N2O3S. The van der Waals surface area contributed by atoms with E-state index in [-0.39, 0.29) is 22.8 Å². The molecule has 30 heavy (non-hydrogen) atoms. The first-order valence-electron chi connectivity index (χ1n) is 10.5. The number of aliphatic imine (C=N–C) groups is 1. The highest BCUT2D eigenvalue weighted by Crippen LogP contribution is 2.49. The molecule has 2 aromatic carbocycles. The number of amidine groups is 1. The summed E-state index contributed by atoms with van der Waals surface area (Å²) in [7, 11) is 0. The summed E-state index contributed by atoms with van der Waals surface area (Å²) in [5.74, 6) is 0.533. The van der Waals surface area contributed by atoms with Gasteiger partial charge in [0.05, 0.1) is 16.5 Å². The fourth-order valence-corrected chi connectivity index (χ4v) is 6.38. The van der Waals surface area contributed by atoms with Crippen molar-refractivity contribution in [2.24, 2.45) is 16.8 Å². The first-order chi connectivity index (χ1) is 14.6. The summed E-state index contributed by atoms with van der Waals surface area (Å²) in [4.78, 5) is 31.4. The average Bonchev–Trinajstić information content (AvgIpc) is 3.45. The molecule has 2 aromatic rings. The minimum absolute atomic E-state index is 0.163. The molecule has 154 valence electrons. The van der Waals surface area contributed by atoms with Gasteiger partial charge in [-0.25, -0.2) is 9.79 Å². The van der Waals surface area contributed by atoms with E-state index in [9.17, 15) is 9.59 Å². The number of hydrogen-bond donors (Lipinski definition) is 1. The summed E-state index contributed by atoms with van der Waals surface area (Å²) in [6.07, 6.45) is 5.48. The van der Waals surface area contributed by atoms with Crippen molar-refractivity contribution in [2.75, 3.05) is 0 Å². The lowest BCUT2D eigenvalue weighted by Gasteiger charge is -2.31. The molecular weight excluding hydrogens is 396 g/mol. The van der Waals surface area contributed by atoms with Crippen molar-refractivity contribution in [3.8, 4) is 0 Å².